The zero-order valence-electron chi connectivity index (χ0n) is 19.0. The number of methoxy groups -OCH3 is 1. The first-order valence-electron chi connectivity index (χ1n) is 10.3. The van der Waals surface area contributed by atoms with Gasteiger partial charge in [0.15, 0.2) is 0 Å². The van der Waals surface area contributed by atoms with Crippen molar-refractivity contribution < 1.29 is 23.9 Å². The summed E-state index contributed by atoms with van der Waals surface area (Å²) < 4.78 is 5.19. The van der Waals surface area contributed by atoms with E-state index < -0.39 is 23.4 Å². The molecule has 1 atom stereocenters. The molecule has 1 saturated heterocycles. The molecule has 1 aliphatic rings. The maximum atomic E-state index is 13.0. The lowest BCUT2D eigenvalue weighted by atomic mass is 9.92. The minimum atomic E-state index is -1.36. The fraction of sp³-hybridized carbons (Fsp3) is 0.304. The molecule has 1 fully saturated rings. The summed E-state index contributed by atoms with van der Waals surface area (Å²) in [4.78, 5) is 51.5. The predicted molar refractivity (Wildman–Crippen MR) is 121 cm³/mol. The van der Waals surface area contributed by atoms with E-state index in [4.69, 9.17) is 4.74 Å². The molecule has 2 aromatic rings. The first-order valence-corrected chi connectivity index (χ1v) is 10.3. The first kappa shape index (κ1) is 23.7. The van der Waals surface area contributed by atoms with Crippen molar-refractivity contribution in [3.05, 3.63) is 59.7 Å². The SMILES string of the molecule is COc1cccc(C2(C)NC(=O)N(NC(=O)CN(C)CC(=O)Nc3ccc(C)cc3)C2=O)c1. The highest BCUT2D eigenvalue weighted by Gasteiger charge is 2.50. The first-order chi connectivity index (χ1) is 15.6. The van der Waals surface area contributed by atoms with Crippen molar-refractivity contribution in [2.45, 2.75) is 19.4 Å². The fourth-order valence-electron chi connectivity index (χ4n) is 3.41. The molecule has 0 aliphatic carbocycles. The molecule has 10 nitrogen and oxygen atoms in total. The fourth-order valence-corrected chi connectivity index (χ4v) is 3.41. The van der Waals surface area contributed by atoms with Gasteiger partial charge in [0.05, 0.1) is 20.2 Å². The zero-order chi connectivity index (χ0) is 24.2. The topological polar surface area (TPSA) is 120 Å². The number of likely N-dealkylation sites (N-methyl/N-ethyl adjacent to an activating group) is 1. The smallest absolute Gasteiger partial charge is 0.344 e. The second kappa shape index (κ2) is 9.70. The van der Waals surface area contributed by atoms with Crippen LogP contribution in [0, 0.1) is 6.92 Å². The number of amides is 5. The number of nitrogens with one attached hydrogen (secondary N) is 3. The summed E-state index contributed by atoms with van der Waals surface area (Å²) in [7, 11) is 3.08. The summed E-state index contributed by atoms with van der Waals surface area (Å²) in [6.45, 7) is 3.25. The van der Waals surface area contributed by atoms with Crippen LogP contribution < -0.4 is 20.8 Å². The molecule has 1 aliphatic heterocycles. The summed E-state index contributed by atoms with van der Waals surface area (Å²) in [5, 5.41) is 6.01. The number of anilines is 1. The second-order valence-corrected chi connectivity index (χ2v) is 8.05. The number of urea groups is 1. The van der Waals surface area contributed by atoms with Gasteiger partial charge in [-0.3, -0.25) is 24.7 Å². The number of hydrazine groups is 1. The number of carbonyl (C=O) groups excluding carboxylic acids is 4. The maximum Gasteiger partial charge on any atom is 0.344 e. The largest absolute Gasteiger partial charge is 0.497 e. The number of hydrogen-bond acceptors (Lipinski definition) is 6. The van der Waals surface area contributed by atoms with Crippen LogP contribution in [0.15, 0.2) is 48.5 Å². The normalized spacial score (nSPS) is 17.7. The number of imide groups is 1. The van der Waals surface area contributed by atoms with E-state index in [1.807, 2.05) is 19.1 Å². The lowest BCUT2D eigenvalue weighted by molar-refractivity contribution is -0.139. The van der Waals surface area contributed by atoms with E-state index in [9.17, 15) is 19.2 Å². The quantitative estimate of drug-likeness (QED) is 0.520. The van der Waals surface area contributed by atoms with Crippen molar-refractivity contribution in [3.63, 3.8) is 0 Å². The van der Waals surface area contributed by atoms with E-state index in [1.165, 1.54) is 12.0 Å². The third kappa shape index (κ3) is 5.47. The van der Waals surface area contributed by atoms with Crippen molar-refractivity contribution in [2.24, 2.45) is 0 Å². The van der Waals surface area contributed by atoms with Gasteiger partial charge < -0.3 is 15.4 Å². The molecule has 2 aromatic carbocycles. The summed E-state index contributed by atoms with van der Waals surface area (Å²) in [5.74, 6) is -1.01. The zero-order valence-corrected chi connectivity index (χ0v) is 19.0. The van der Waals surface area contributed by atoms with E-state index in [-0.39, 0.29) is 19.0 Å². The van der Waals surface area contributed by atoms with Gasteiger partial charge in [0.1, 0.15) is 11.3 Å². The van der Waals surface area contributed by atoms with Crippen molar-refractivity contribution in [3.8, 4) is 5.75 Å². The van der Waals surface area contributed by atoms with Gasteiger partial charge in [-0.1, -0.05) is 29.8 Å². The van der Waals surface area contributed by atoms with Crippen LogP contribution in [0.25, 0.3) is 0 Å². The number of aryl methyl sites for hydroxylation is 1. The molecule has 3 N–H and O–H groups in total. The number of rotatable bonds is 8. The van der Waals surface area contributed by atoms with Gasteiger partial charge in [-0.2, -0.15) is 5.01 Å². The van der Waals surface area contributed by atoms with E-state index in [0.29, 0.717) is 22.0 Å². The molecule has 1 unspecified atom stereocenters. The highest BCUT2D eigenvalue weighted by molar-refractivity contribution is 6.08. The van der Waals surface area contributed by atoms with Crippen LogP contribution >= 0.6 is 0 Å². The van der Waals surface area contributed by atoms with Gasteiger partial charge in [-0.05, 0) is 50.7 Å². The number of ether oxygens (including phenoxy) is 1. The monoisotopic (exact) mass is 453 g/mol. The van der Waals surface area contributed by atoms with Crippen molar-refractivity contribution in [1.82, 2.24) is 20.7 Å². The molecule has 33 heavy (non-hydrogen) atoms. The van der Waals surface area contributed by atoms with Crippen molar-refractivity contribution in [2.75, 3.05) is 32.6 Å². The highest BCUT2D eigenvalue weighted by Crippen LogP contribution is 2.30. The number of carbonyl (C=O) groups is 4. The molecule has 174 valence electrons. The molecule has 3 rings (SSSR count). The third-order valence-corrected chi connectivity index (χ3v) is 5.24. The molecule has 0 bridgehead atoms. The Bertz CT molecular complexity index is 1070. The van der Waals surface area contributed by atoms with Gasteiger partial charge in [-0.25, -0.2) is 4.79 Å². The number of nitrogens with zero attached hydrogens (tertiary/aromatic N) is 2. The lowest BCUT2D eigenvalue weighted by Gasteiger charge is -2.23. The molecule has 5 amide bonds. The molecular weight excluding hydrogens is 426 g/mol. The van der Waals surface area contributed by atoms with Gasteiger partial charge in [-0.15, -0.1) is 0 Å². The average Bonchev–Trinajstić information content (AvgIpc) is 2.99. The minimum Gasteiger partial charge on any atom is -0.497 e. The van der Waals surface area contributed by atoms with Crippen LogP contribution in [0.4, 0.5) is 10.5 Å². The van der Waals surface area contributed by atoms with E-state index in [1.54, 1.807) is 50.4 Å². The van der Waals surface area contributed by atoms with Crippen molar-refractivity contribution in [1.29, 1.82) is 0 Å². The summed E-state index contributed by atoms with van der Waals surface area (Å²) in [6, 6.07) is 13.3. The van der Waals surface area contributed by atoms with E-state index in [0.717, 1.165) is 5.56 Å². The van der Waals surface area contributed by atoms with Crippen LogP contribution in [0.5, 0.6) is 5.75 Å². The molecule has 0 aromatic heterocycles. The maximum absolute atomic E-state index is 13.0. The lowest BCUT2D eigenvalue weighted by Crippen LogP contribution is -2.50. The van der Waals surface area contributed by atoms with Crippen LogP contribution in [0.2, 0.25) is 0 Å². The second-order valence-electron chi connectivity index (χ2n) is 8.05. The Balaban J connectivity index is 1.57. The van der Waals surface area contributed by atoms with Crippen LogP contribution in [0.1, 0.15) is 18.1 Å². The Morgan fingerprint density at radius 1 is 1.09 bits per heavy atom. The van der Waals surface area contributed by atoms with Gasteiger partial charge >= 0.3 is 6.03 Å². The van der Waals surface area contributed by atoms with Crippen LogP contribution in [0.3, 0.4) is 0 Å². The van der Waals surface area contributed by atoms with Gasteiger partial charge in [0.25, 0.3) is 11.8 Å². The summed E-state index contributed by atoms with van der Waals surface area (Å²) in [5.41, 5.74) is 3.20. The Labute approximate surface area is 191 Å². The Kier molecular flexibility index (Phi) is 6.98. The van der Waals surface area contributed by atoms with Gasteiger partial charge in [0.2, 0.25) is 5.91 Å². The highest BCUT2D eigenvalue weighted by atomic mass is 16.5. The van der Waals surface area contributed by atoms with E-state index in [2.05, 4.69) is 16.1 Å². The van der Waals surface area contributed by atoms with Crippen molar-refractivity contribution >= 4 is 29.4 Å². The predicted octanol–water partition coefficient (Wildman–Crippen LogP) is 1.37. The average molecular weight is 453 g/mol. The minimum absolute atomic E-state index is 0.0526. The van der Waals surface area contributed by atoms with E-state index >= 15 is 0 Å². The summed E-state index contributed by atoms with van der Waals surface area (Å²) in [6.07, 6.45) is 0. The molecule has 0 spiro atoms. The summed E-state index contributed by atoms with van der Waals surface area (Å²) >= 11 is 0. The molecular formula is C23H27N5O5. The number of benzene rings is 2. The Morgan fingerprint density at radius 3 is 2.42 bits per heavy atom. The molecule has 10 heteroatoms. The van der Waals surface area contributed by atoms with Gasteiger partial charge in [0, 0.05) is 5.69 Å². The number of hydrogen-bond donors (Lipinski definition) is 3. The Hall–Kier alpha value is -3.92. The van der Waals surface area contributed by atoms with Crippen LogP contribution in [-0.2, 0) is 19.9 Å². The molecule has 0 radical (unpaired) electrons. The van der Waals surface area contributed by atoms with Crippen LogP contribution in [-0.4, -0.2) is 60.9 Å². The molecule has 1 heterocycles. The third-order valence-electron chi connectivity index (χ3n) is 5.24. The standard InChI is InChI=1S/C23H27N5O5/c1-15-8-10-17(11-9-15)24-19(29)13-27(3)14-20(30)26-28-21(31)23(2,25-22(28)32)16-6-5-7-18(12-16)33-4/h5-12H,13-14H2,1-4H3,(H,24,29)(H,25,32)(H,26,30). The Morgan fingerprint density at radius 2 is 1.76 bits per heavy atom. The molecule has 0 saturated carbocycles.